The Bertz CT molecular complexity index is 789. The lowest BCUT2D eigenvalue weighted by Gasteiger charge is -2.26. The van der Waals surface area contributed by atoms with Gasteiger partial charge in [0.2, 0.25) is 0 Å². The summed E-state index contributed by atoms with van der Waals surface area (Å²) in [4.78, 5) is 2.42. The topological polar surface area (TPSA) is 43.0 Å². The molecule has 174 valence electrons. The Morgan fingerprint density at radius 2 is 1.77 bits per heavy atom. The Kier molecular flexibility index (Phi) is 13.6. The summed E-state index contributed by atoms with van der Waals surface area (Å²) in [6, 6.07) is 11.4. The molecule has 1 N–H and O–H groups in total. The van der Waals surface area contributed by atoms with Crippen molar-refractivity contribution in [2.45, 2.75) is 20.1 Å². The Morgan fingerprint density at radius 3 is 2.48 bits per heavy atom. The predicted molar refractivity (Wildman–Crippen MR) is 132 cm³/mol. The van der Waals surface area contributed by atoms with Crippen molar-refractivity contribution in [3.05, 3.63) is 57.6 Å². The lowest BCUT2D eigenvalue weighted by atomic mass is 10.2. The second kappa shape index (κ2) is 15.0. The van der Waals surface area contributed by atoms with Crippen LogP contribution in [0.5, 0.6) is 11.5 Å². The zero-order chi connectivity index (χ0) is 20.5. The minimum atomic E-state index is 0. The van der Waals surface area contributed by atoms with Crippen LogP contribution in [0.25, 0.3) is 0 Å². The van der Waals surface area contributed by atoms with Crippen LogP contribution in [0.1, 0.15) is 18.1 Å². The van der Waals surface area contributed by atoms with Crippen molar-refractivity contribution in [3.8, 4) is 11.5 Å². The van der Waals surface area contributed by atoms with Gasteiger partial charge in [-0.05, 0) is 36.8 Å². The third kappa shape index (κ3) is 9.22. The highest BCUT2D eigenvalue weighted by atomic mass is 35.5. The van der Waals surface area contributed by atoms with Crippen molar-refractivity contribution in [2.24, 2.45) is 0 Å². The Hall–Kier alpha value is -0.920. The van der Waals surface area contributed by atoms with Gasteiger partial charge in [-0.2, -0.15) is 0 Å². The van der Waals surface area contributed by atoms with Gasteiger partial charge in [-0.15, -0.1) is 24.8 Å². The molecule has 0 unspecified atom stereocenters. The number of hydrogen-bond acceptors (Lipinski definition) is 5. The fourth-order valence-electron chi connectivity index (χ4n) is 3.14. The van der Waals surface area contributed by atoms with Gasteiger partial charge < -0.3 is 19.5 Å². The highest BCUT2D eigenvalue weighted by molar-refractivity contribution is 6.35. The smallest absolute Gasteiger partial charge is 0.161 e. The number of morpholine rings is 1. The molecule has 1 saturated heterocycles. The van der Waals surface area contributed by atoms with Gasteiger partial charge in [-0.3, -0.25) is 4.90 Å². The van der Waals surface area contributed by atoms with E-state index < -0.39 is 0 Å². The van der Waals surface area contributed by atoms with E-state index in [0.29, 0.717) is 29.0 Å². The van der Waals surface area contributed by atoms with E-state index in [4.69, 9.17) is 37.4 Å². The maximum absolute atomic E-state index is 6.23. The minimum absolute atomic E-state index is 0. The molecule has 0 spiro atoms. The molecule has 1 aliphatic heterocycles. The summed E-state index contributed by atoms with van der Waals surface area (Å²) in [7, 11) is 0. The first-order chi connectivity index (χ1) is 14.2. The summed E-state index contributed by atoms with van der Waals surface area (Å²) >= 11 is 12.2. The number of hydrogen-bond donors (Lipinski definition) is 1. The quantitative estimate of drug-likeness (QED) is 0.442. The van der Waals surface area contributed by atoms with E-state index in [2.05, 4.69) is 16.3 Å². The summed E-state index contributed by atoms with van der Waals surface area (Å²) in [5, 5.41) is 4.70. The Morgan fingerprint density at radius 1 is 1.00 bits per heavy atom. The molecule has 0 amide bonds. The summed E-state index contributed by atoms with van der Waals surface area (Å²) in [5.74, 6) is 1.44. The average Bonchev–Trinajstić information content (AvgIpc) is 2.73. The first-order valence-electron chi connectivity index (χ1n) is 9.99. The molecule has 0 radical (unpaired) electrons. The molecule has 31 heavy (non-hydrogen) atoms. The van der Waals surface area contributed by atoms with Gasteiger partial charge in [0.05, 0.1) is 19.8 Å². The molecule has 1 heterocycles. The molecule has 1 aliphatic rings. The Labute approximate surface area is 207 Å². The van der Waals surface area contributed by atoms with E-state index >= 15 is 0 Å². The van der Waals surface area contributed by atoms with Gasteiger partial charge in [0.25, 0.3) is 0 Å². The maximum atomic E-state index is 6.23. The molecule has 0 atom stereocenters. The molecule has 0 aromatic heterocycles. The molecule has 9 heteroatoms. The van der Waals surface area contributed by atoms with Crippen molar-refractivity contribution in [1.82, 2.24) is 10.2 Å². The van der Waals surface area contributed by atoms with Crippen molar-refractivity contribution >= 4 is 48.0 Å². The molecule has 1 fully saturated rings. The van der Waals surface area contributed by atoms with Crippen LogP contribution < -0.4 is 14.8 Å². The van der Waals surface area contributed by atoms with Crippen molar-refractivity contribution in [1.29, 1.82) is 0 Å². The fourth-order valence-corrected chi connectivity index (χ4v) is 3.60. The van der Waals surface area contributed by atoms with Crippen LogP contribution in [0.4, 0.5) is 0 Å². The van der Waals surface area contributed by atoms with Crippen LogP contribution in [0.15, 0.2) is 36.4 Å². The van der Waals surface area contributed by atoms with Crippen LogP contribution in [-0.2, 0) is 17.9 Å². The van der Waals surface area contributed by atoms with E-state index in [-0.39, 0.29) is 24.8 Å². The van der Waals surface area contributed by atoms with E-state index in [1.54, 1.807) is 12.1 Å². The van der Waals surface area contributed by atoms with Crippen molar-refractivity contribution in [2.75, 3.05) is 46.0 Å². The van der Waals surface area contributed by atoms with Crippen molar-refractivity contribution in [3.63, 3.8) is 0 Å². The number of rotatable bonds is 10. The number of ether oxygens (including phenoxy) is 3. The third-order valence-corrected chi connectivity index (χ3v) is 5.33. The second-order valence-corrected chi connectivity index (χ2v) is 7.71. The summed E-state index contributed by atoms with van der Waals surface area (Å²) < 4.78 is 17.1. The molecule has 0 aliphatic carbocycles. The highest BCUT2D eigenvalue weighted by Gasteiger charge is 2.11. The van der Waals surface area contributed by atoms with Crippen molar-refractivity contribution < 1.29 is 14.2 Å². The number of nitrogens with one attached hydrogen (secondary N) is 1. The lowest BCUT2D eigenvalue weighted by Crippen LogP contribution is -2.40. The normalized spacial score (nSPS) is 13.8. The average molecular weight is 512 g/mol. The predicted octanol–water partition coefficient (Wildman–Crippen LogP) is 5.24. The van der Waals surface area contributed by atoms with Gasteiger partial charge >= 0.3 is 0 Å². The van der Waals surface area contributed by atoms with Gasteiger partial charge in [0.15, 0.2) is 11.5 Å². The number of benzene rings is 2. The van der Waals surface area contributed by atoms with E-state index in [1.807, 2.05) is 25.1 Å². The molecule has 0 bridgehead atoms. The SMILES string of the molecule is CCOc1cc(CNCCN2CCOCC2)ccc1OCc1ccc(Cl)cc1Cl.Cl.Cl. The van der Waals surface area contributed by atoms with E-state index in [9.17, 15) is 0 Å². The standard InChI is InChI=1S/C22H28Cl2N2O3.2ClH/c1-2-28-22-13-17(15-25-7-8-26-9-11-27-12-10-26)3-6-21(22)29-16-18-4-5-19(23)14-20(18)24;;/h3-6,13-14,25H,2,7-12,15-16H2,1H3;2*1H. The van der Waals surface area contributed by atoms with Gasteiger partial charge in [-0.25, -0.2) is 0 Å². The molecule has 0 saturated carbocycles. The van der Waals surface area contributed by atoms with Crippen LogP contribution in [0, 0.1) is 0 Å². The summed E-state index contributed by atoms with van der Waals surface area (Å²) in [5.41, 5.74) is 2.04. The molecule has 2 aromatic rings. The van der Waals surface area contributed by atoms with E-state index in [1.165, 1.54) is 0 Å². The first-order valence-corrected chi connectivity index (χ1v) is 10.7. The first kappa shape index (κ1) is 28.1. The zero-order valence-corrected chi connectivity index (χ0v) is 20.7. The number of nitrogens with zero attached hydrogens (tertiary/aromatic N) is 1. The number of halogens is 4. The highest BCUT2D eigenvalue weighted by Crippen LogP contribution is 2.30. The molecule has 2 aromatic carbocycles. The van der Waals surface area contributed by atoms with Gasteiger partial charge in [0, 0.05) is 48.3 Å². The van der Waals surface area contributed by atoms with Gasteiger partial charge in [-0.1, -0.05) is 35.3 Å². The monoisotopic (exact) mass is 510 g/mol. The Balaban J connectivity index is 0.00000240. The molecule has 5 nitrogen and oxygen atoms in total. The lowest BCUT2D eigenvalue weighted by molar-refractivity contribution is 0.0384. The fraction of sp³-hybridized carbons (Fsp3) is 0.455. The largest absolute Gasteiger partial charge is 0.490 e. The van der Waals surface area contributed by atoms with E-state index in [0.717, 1.165) is 62.8 Å². The third-order valence-electron chi connectivity index (χ3n) is 4.74. The molecular weight excluding hydrogens is 482 g/mol. The zero-order valence-electron chi connectivity index (χ0n) is 17.6. The van der Waals surface area contributed by atoms with Crippen LogP contribution in [0.3, 0.4) is 0 Å². The summed E-state index contributed by atoms with van der Waals surface area (Å²) in [6.45, 7) is 9.35. The summed E-state index contributed by atoms with van der Waals surface area (Å²) in [6.07, 6.45) is 0. The molecular formula is C22H30Cl4N2O3. The van der Waals surface area contributed by atoms with Gasteiger partial charge in [0.1, 0.15) is 6.61 Å². The van der Waals surface area contributed by atoms with Crippen LogP contribution >= 0.6 is 48.0 Å². The maximum Gasteiger partial charge on any atom is 0.161 e. The minimum Gasteiger partial charge on any atom is -0.490 e. The van der Waals surface area contributed by atoms with Crippen LogP contribution in [0.2, 0.25) is 10.0 Å². The van der Waals surface area contributed by atoms with Crippen LogP contribution in [-0.4, -0.2) is 50.9 Å². The second-order valence-electron chi connectivity index (χ2n) is 6.87. The molecule has 3 rings (SSSR count).